The monoisotopic (exact) mass is 337 g/mol. The van der Waals surface area contributed by atoms with Crippen LogP contribution in [0.3, 0.4) is 0 Å². The van der Waals surface area contributed by atoms with Gasteiger partial charge in [0.25, 0.3) is 0 Å². The van der Waals surface area contributed by atoms with Crippen LogP contribution in [0.4, 0.5) is 5.69 Å². The molecule has 0 fully saturated rings. The highest BCUT2D eigenvalue weighted by molar-refractivity contribution is 9.10. The van der Waals surface area contributed by atoms with Crippen molar-refractivity contribution in [3.8, 4) is 0 Å². The van der Waals surface area contributed by atoms with Crippen LogP contribution in [-0.2, 0) is 11.2 Å². The summed E-state index contributed by atoms with van der Waals surface area (Å²) < 4.78 is 0.960. The average Bonchev–Trinajstić information content (AvgIpc) is 2.88. The predicted octanol–water partition coefficient (Wildman–Crippen LogP) is 4.78. The van der Waals surface area contributed by atoms with Gasteiger partial charge in [0, 0.05) is 15.8 Å². The highest BCUT2D eigenvalue weighted by Crippen LogP contribution is 2.25. The second-order valence-electron chi connectivity index (χ2n) is 4.42. The van der Waals surface area contributed by atoms with E-state index in [-0.39, 0.29) is 5.91 Å². The number of thiophene rings is 1. The number of halogens is 1. The lowest BCUT2D eigenvalue weighted by atomic mass is 10.2. The number of carbonyl (C=O) groups is 1. The number of hydrogen-bond acceptors (Lipinski definition) is 2. The summed E-state index contributed by atoms with van der Waals surface area (Å²) in [4.78, 5) is 13.2. The highest BCUT2D eigenvalue weighted by atomic mass is 79.9. The Morgan fingerprint density at radius 3 is 2.89 bits per heavy atom. The first-order valence-corrected chi connectivity index (χ1v) is 7.91. The van der Waals surface area contributed by atoms with Crippen molar-refractivity contribution >= 4 is 38.9 Å². The molecule has 0 unspecified atom stereocenters. The third-order valence-electron chi connectivity index (χ3n) is 2.87. The van der Waals surface area contributed by atoms with Crippen LogP contribution in [0.5, 0.6) is 0 Å². The fraction of sp³-hybridized carbons (Fsp3) is 0.267. The Bertz CT molecular complexity index is 551. The molecule has 0 aliphatic rings. The number of anilines is 1. The minimum atomic E-state index is 0.0721. The Kier molecular flexibility index (Phi) is 5.16. The molecule has 0 saturated heterocycles. The smallest absolute Gasteiger partial charge is 0.224 e. The van der Waals surface area contributed by atoms with E-state index in [2.05, 4.69) is 32.7 Å². The first kappa shape index (κ1) is 14.3. The Labute approximate surface area is 126 Å². The molecule has 0 aliphatic carbocycles. The molecule has 0 aliphatic heterocycles. The number of nitrogens with one attached hydrogen (secondary N) is 1. The molecule has 1 amide bonds. The summed E-state index contributed by atoms with van der Waals surface area (Å²) in [5.41, 5.74) is 1.97. The molecule has 19 heavy (non-hydrogen) atoms. The minimum absolute atomic E-state index is 0.0721. The second kappa shape index (κ2) is 6.87. The van der Waals surface area contributed by atoms with Crippen molar-refractivity contribution < 1.29 is 4.79 Å². The summed E-state index contributed by atoms with van der Waals surface area (Å²) in [6, 6.07) is 10.0. The molecule has 1 N–H and O–H groups in total. The molecule has 0 spiro atoms. The van der Waals surface area contributed by atoms with E-state index in [0.29, 0.717) is 6.42 Å². The zero-order valence-electron chi connectivity index (χ0n) is 10.8. The number of benzene rings is 1. The van der Waals surface area contributed by atoms with Crippen LogP contribution in [0.1, 0.15) is 23.3 Å². The minimum Gasteiger partial charge on any atom is -0.325 e. The van der Waals surface area contributed by atoms with Crippen molar-refractivity contribution in [1.29, 1.82) is 0 Å². The van der Waals surface area contributed by atoms with Gasteiger partial charge in [0.1, 0.15) is 0 Å². The van der Waals surface area contributed by atoms with Gasteiger partial charge < -0.3 is 5.32 Å². The van der Waals surface area contributed by atoms with E-state index in [1.54, 1.807) is 11.3 Å². The zero-order chi connectivity index (χ0) is 13.7. The Balaban J connectivity index is 1.82. The summed E-state index contributed by atoms with van der Waals surface area (Å²) in [5.74, 6) is 0.0721. The van der Waals surface area contributed by atoms with Gasteiger partial charge in [-0.3, -0.25) is 4.79 Å². The van der Waals surface area contributed by atoms with Crippen LogP contribution in [0.15, 0.2) is 40.2 Å². The predicted molar refractivity (Wildman–Crippen MR) is 84.8 cm³/mol. The number of aryl methyl sites for hydroxylation is 2. The Morgan fingerprint density at radius 2 is 2.16 bits per heavy atom. The van der Waals surface area contributed by atoms with Gasteiger partial charge in [0.05, 0.1) is 5.69 Å². The van der Waals surface area contributed by atoms with Gasteiger partial charge in [-0.25, -0.2) is 0 Å². The van der Waals surface area contributed by atoms with Crippen molar-refractivity contribution in [1.82, 2.24) is 0 Å². The summed E-state index contributed by atoms with van der Waals surface area (Å²) in [6.45, 7) is 2.01. The largest absolute Gasteiger partial charge is 0.325 e. The fourth-order valence-corrected chi connectivity index (χ4v) is 2.95. The molecule has 2 aromatic rings. The lowest BCUT2D eigenvalue weighted by Crippen LogP contribution is -2.12. The molecule has 0 atom stereocenters. The zero-order valence-corrected chi connectivity index (χ0v) is 13.2. The second-order valence-corrected chi connectivity index (χ2v) is 6.24. The van der Waals surface area contributed by atoms with Gasteiger partial charge in [0.2, 0.25) is 5.91 Å². The number of amides is 1. The Hall–Kier alpha value is -1.13. The molecule has 1 heterocycles. The molecule has 0 bridgehead atoms. The number of hydrogen-bond donors (Lipinski definition) is 1. The first-order chi connectivity index (χ1) is 9.16. The third kappa shape index (κ3) is 4.18. The molecular weight excluding hydrogens is 322 g/mol. The van der Waals surface area contributed by atoms with E-state index in [9.17, 15) is 4.79 Å². The molecule has 0 saturated carbocycles. The standard InChI is InChI=1S/C15H16BrNOS/c1-11-5-2-8-13(15(11)16)17-14(18)9-3-6-12-7-4-10-19-12/h2,4-5,7-8,10H,3,6,9H2,1H3,(H,17,18). The maximum Gasteiger partial charge on any atom is 0.224 e. The lowest BCUT2D eigenvalue weighted by Gasteiger charge is -2.08. The number of carbonyl (C=O) groups excluding carboxylic acids is 1. The van der Waals surface area contributed by atoms with E-state index in [1.807, 2.05) is 31.2 Å². The van der Waals surface area contributed by atoms with Crippen molar-refractivity contribution in [2.45, 2.75) is 26.2 Å². The van der Waals surface area contributed by atoms with Gasteiger partial charge in [-0.2, -0.15) is 0 Å². The van der Waals surface area contributed by atoms with E-state index in [1.165, 1.54) is 4.88 Å². The molecule has 4 heteroatoms. The molecule has 1 aromatic carbocycles. The Morgan fingerprint density at radius 1 is 1.32 bits per heavy atom. The summed E-state index contributed by atoms with van der Waals surface area (Å²) >= 11 is 5.24. The molecule has 2 rings (SSSR count). The van der Waals surface area contributed by atoms with Crippen LogP contribution in [0, 0.1) is 6.92 Å². The van der Waals surface area contributed by atoms with Crippen molar-refractivity contribution in [2.75, 3.05) is 5.32 Å². The molecule has 100 valence electrons. The normalized spacial score (nSPS) is 10.4. The number of rotatable bonds is 5. The summed E-state index contributed by atoms with van der Waals surface area (Å²) in [5, 5.41) is 5.02. The topological polar surface area (TPSA) is 29.1 Å². The fourth-order valence-electron chi connectivity index (χ4n) is 1.83. The summed E-state index contributed by atoms with van der Waals surface area (Å²) in [6.07, 6.45) is 2.41. The lowest BCUT2D eigenvalue weighted by molar-refractivity contribution is -0.116. The van der Waals surface area contributed by atoms with Gasteiger partial charge in [-0.05, 0) is 58.8 Å². The van der Waals surface area contributed by atoms with Crippen LogP contribution < -0.4 is 5.32 Å². The van der Waals surface area contributed by atoms with Crippen molar-refractivity contribution in [3.63, 3.8) is 0 Å². The molecule has 1 aromatic heterocycles. The SMILES string of the molecule is Cc1cccc(NC(=O)CCCc2cccs2)c1Br. The van der Waals surface area contributed by atoms with Crippen LogP contribution in [0.2, 0.25) is 0 Å². The van der Waals surface area contributed by atoms with Gasteiger partial charge in [0.15, 0.2) is 0 Å². The molecule has 2 nitrogen and oxygen atoms in total. The highest BCUT2D eigenvalue weighted by Gasteiger charge is 2.07. The maximum atomic E-state index is 11.9. The van der Waals surface area contributed by atoms with Gasteiger partial charge in [-0.1, -0.05) is 18.2 Å². The van der Waals surface area contributed by atoms with Crippen LogP contribution >= 0.6 is 27.3 Å². The van der Waals surface area contributed by atoms with Crippen LogP contribution in [0.25, 0.3) is 0 Å². The van der Waals surface area contributed by atoms with E-state index in [0.717, 1.165) is 28.6 Å². The van der Waals surface area contributed by atoms with Gasteiger partial charge in [-0.15, -0.1) is 11.3 Å². The van der Waals surface area contributed by atoms with E-state index >= 15 is 0 Å². The molecular formula is C15H16BrNOS. The van der Waals surface area contributed by atoms with Crippen LogP contribution in [-0.4, -0.2) is 5.91 Å². The van der Waals surface area contributed by atoms with Crippen molar-refractivity contribution in [2.24, 2.45) is 0 Å². The summed E-state index contributed by atoms with van der Waals surface area (Å²) in [7, 11) is 0. The quantitative estimate of drug-likeness (QED) is 0.835. The third-order valence-corrected chi connectivity index (χ3v) is 4.86. The van der Waals surface area contributed by atoms with Crippen molar-refractivity contribution in [3.05, 3.63) is 50.6 Å². The van der Waals surface area contributed by atoms with E-state index < -0.39 is 0 Å². The average molecular weight is 338 g/mol. The first-order valence-electron chi connectivity index (χ1n) is 6.24. The van der Waals surface area contributed by atoms with E-state index in [4.69, 9.17) is 0 Å². The van der Waals surface area contributed by atoms with Gasteiger partial charge >= 0.3 is 0 Å². The molecule has 0 radical (unpaired) electrons. The maximum absolute atomic E-state index is 11.9.